The number of hydrazone groups is 1. The molecule has 27 heavy (non-hydrogen) atoms. The van der Waals surface area contributed by atoms with Crippen molar-refractivity contribution in [2.45, 2.75) is 26.2 Å². The number of hydrogen-bond acceptors (Lipinski definition) is 5. The zero-order valence-electron chi connectivity index (χ0n) is 16.2. The molecular weight excluding hydrogens is 344 g/mol. The van der Waals surface area contributed by atoms with Crippen LogP contribution in [0, 0.1) is 0 Å². The summed E-state index contributed by atoms with van der Waals surface area (Å²) in [5.74, 6) is 2.11. The first-order valence-corrected chi connectivity index (χ1v) is 8.84. The molecule has 0 radical (unpaired) electrons. The Morgan fingerprint density at radius 3 is 2.44 bits per heavy atom. The van der Waals surface area contributed by atoms with E-state index in [0.717, 1.165) is 6.42 Å². The van der Waals surface area contributed by atoms with Crippen LogP contribution in [0.2, 0.25) is 0 Å². The average molecular weight is 370 g/mol. The molecule has 0 aliphatic heterocycles. The minimum absolute atomic E-state index is 0.116. The number of ether oxygens (including phenoxy) is 3. The molecule has 0 aromatic heterocycles. The van der Waals surface area contributed by atoms with Crippen molar-refractivity contribution in [1.82, 2.24) is 5.43 Å². The molecule has 2 aromatic carbocycles. The van der Waals surface area contributed by atoms with Gasteiger partial charge >= 0.3 is 0 Å². The first kappa shape index (κ1) is 20.3. The SMILES string of the molecule is CC[C@H](C)c1ccc(OCC(=O)NN=Cc2cc(OC)ccc2OC)cc1. The summed E-state index contributed by atoms with van der Waals surface area (Å²) in [5.41, 5.74) is 4.39. The van der Waals surface area contributed by atoms with E-state index in [1.54, 1.807) is 32.4 Å². The minimum atomic E-state index is -0.348. The quantitative estimate of drug-likeness (QED) is 0.539. The zero-order valence-corrected chi connectivity index (χ0v) is 16.2. The molecule has 0 spiro atoms. The standard InChI is InChI=1S/C21H26N2O4/c1-5-15(2)16-6-8-18(9-7-16)27-14-21(24)23-22-13-17-12-19(25-3)10-11-20(17)26-4/h6-13,15H,5,14H2,1-4H3,(H,23,24)/t15-/m0/s1. The van der Waals surface area contributed by atoms with E-state index < -0.39 is 0 Å². The maximum Gasteiger partial charge on any atom is 0.277 e. The van der Waals surface area contributed by atoms with Crippen molar-refractivity contribution < 1.29 is 19.0 Å². The number of benzene rings is 2. The van der Waals surface area contributed by atoms with E-state index in [1.807, 2.05) is 24.3 Å². The molecule has 144 valence electrons. The summed E-state index contributed by atoms with van der Waals surface area (Å²) in [5, 5.41) is 3.95. The van der Waals surface area contributed by atoms with Gasteiger partial charge in [0.2, 0.25) is 0 Å². The summed E-state index contributed by atoms with van der Waals surface area (Å²) in [7, 11) is 3.15. The van der Waals surface area contributed by atoms with Crippen LogP contribution in [-0.4, -0.2) is 32.9 Å². The van der Waals surface area contributed by atoms with E-state index in [2.05, 4.69) is 24.4 Å². The minimum Gasteiger partial charge on any atom is -0.497 e. The fourth-order valence-corrected chi connectivity index (χ4v) is 2.42. The van der Waals surface area contributed by atoms with Crippen molar-refractivity contribution >= 4 is 12.1 Å². The Labute approximate surface area is 160 Å². The molecule has 6 heteroatoms. The molecule has 0 aliphatic carbocycles. The lowest BCUT2D eigenvalue weighted by Crippen LogP contribution is -2.24. The first-order chi connectivity index (χ1) is 13.1. The van der Waals surface area contributed by atoms with Crippen LogP contribution in [0.25, 0.3) is 0 Å². The summed E-state index contributed by atoms with van der Waals surface area (Å²) >= 11 is 0. The molecule has 1 N–H and O–H groups in total. The number of rotatable bonds is 9. The summed E-state index contributed by atoms with van der Waals surface area (Å²) in [6.45, 7) is 4.22. The van der Waals surface area contributed by atoms with Crippen molar-refractivity contribution in [2.24, 2.45) is 5.10 Å². The van der Waals surface area contributed by atoms with E-state index >= 15 is 0 Å². The number of methoxy groups -OCH3 is 2. The van der Waals surface area contributed by atoms with Gasteiger partial charge in [0.05, 0.1) is 20.4 Å². The van der Waals surface area contributed by atoms with Crippen molar-refractivity contribution in [3.05, 3.63) is 53.6 Å². The van der Waals surface area contributed by atoms with E-state index in [1.165, 1.54) is 11.8 Å². The largest absolute Gasteiger partial charge is 0.497 e. The second kappa shape index (κ2) is 10.2. The van der Waals surface area contributed by atoms with Gasteiger partial charge in [-0.25, -0.2) is 5.43 Å². The lowest BCUT2D eigenvalue weighted by Gasteiger charge is -2.10. The van der Waals surface area contributed by atoms with E-state index in [-0.39, 0.29) is 12.5 Å². The second-order valence-electron chi connectivity index (χ2n) is 6.07. The van der Waals surface area contributed by atoms with Crippen LogP contribution < -0.4 is 19.6 Å². The molecule has 0 saturated carbocycles. The molecule has 1 atom stereocenters. The van der Waals surface area contributed by atoms with Gasteiger partial charge in [0.15, 0.2) is 6.61 Å². The Bertz CT molecular complexity index is 772. The number of carbonyl (C=O) groups excluding carboxylic acids is 1. The van der Waals surface area contributed by atoms with E-state index in [4.69, 9.17) is 14.2 Å². The zero-order chi connectivity index (χ0) is 19.6. The lowest BCUT2D eigenvalue weighted by molar-refractivity contribution is -0.123. The predicted molar refractivity (Wildman–Crippen MR) is 106 cm³/mol. The lowest BCUT2D eigenvalue weighted by atomic mass is 9.99. The second-order valence-corrected chi connectivity index (χ2v) is 6.07. The molecule has 2 aromatic rings. The first-order valence-electron chi connectivity index (χ1n) is 8.84. The van der Waals surface area contributed by atoms with Crippen LogP contribution >= 0.6 is 0 Å². The molecule has 0 saturated heterocycles. The van der Waals surface area contributed by atoms with Gasteiger partial charge < -0.3 is 14.2 Å². The maximum absolute atomic E-state index is 11.9. The number of amides is 1. The number of hydrogen-bond donors (Lipinski definition) is 1. The predicted octanol–water partition coefficient (Wildman–Crippen LogP) is 3.75. The Balaban J connectivity index is 1.86. The Morgan fingerprint density at radius 1 is 1.11 bits per heavy atom. The van der Waals surface area contributed by atoms with Gasteiger partial charge in [0.25, 0.3) is 5.91 Å². The Kier molecular flexibility index (Phi) is 7.67. The summed E-state index contributed by atoms with van der Waals surface area (Å²) in [6.07, 6.45) is 2.58. The fraction of sp³-hybridized carbons (Fsp3) is 0.333. The smallest absolute Gasteiger partial charge is 0.277 e. The highest BCUT2D eigenvalue weighted by Gasteiger charge is 2.06. The van der Waals surface area contributed by atoms with Crippen LogP contribution in [0.3, 0.4) is 0 Å². The molecule has 0 bridgehead atoms. The highest BCUT2D eigenvalue weighted by Crippen LogP contribution is 2.22. The van der Waals surface area contributed by atoms with Gasteiger partial charge in [-0.1, -0.05) is 26.0 Å². The van der Waals surface area contributed by atoms with E-state index in [0.29, 0.717) is 28.7 Å². The Morgan fingerprint density at radius 2 is 1.81 bits per heavy atom. The third kappa shape index (κ3) is 6.02. The number of nitrogens with zero attached hydrogens (tertiary/aromatic N) is 1. The normalized spacial score (nSPS) is 11.9. The van der Waals surface area contributed by atoms with Gasteiger partial charge in [-0.3, -0.25) is 4.79 Å². The molecule has 2 rings (SSSR count). The summed E-state index contributed by atoms with van der Waals surface area (Å²) < 4.78 is 15.9. The van der Waals surface area contributed by atoms with Gasteiger partial charge in [-0.2, -0.15) is 5.10 Å². The highest BCUT2D eigenvalue weighted by atomic mass is 16.5. The molecule has 1 amide bonds. The van der Waals surface area contributed by atoms with Crippen LogP contribution in [0.1, 0.15) is 37.3 Å². The van der Waals surface area contributed by atoms with Crippen LogP contribution in [0.5, 0.6) is 17.2 Å². The molecule has 0 aliphatic rings. The highest BCUT2D eigenvalue weighted by molar-refractivity contribution is 5.86. The third-order valence-corrected chi connectivity index (χ3v) is 4.26. The maximum atomic E-state index is 11.9. The topological polar surface area (TPSA) is 69.2 Å². The van der Waals surface area contributed by atoms with Gasteiger partial charge in [-0.15, -0.1) is 0 Å². The summed E-state index contributed by atoms with van der Waals surface area (Å²) in [4.78, 5) is 11.9. The third-order valence-electron chi connectivity index (χ3n) is 4.26. The van der Waals surface area contributed by atoms with E-state index in [9.17, 15) is 4.79 Å². The van der Waals surface area contributed by atoms with Crippen LogP contribution in [0.4, 0.5) is 0 Å². The molecule has 6 nitrogen and oxygen atoms in total. The van der Waals surface area contributed by atoms with Crippen LogP contribution in [0.15, 0.2) is 47.6 Å². The summed E-state index contributed by atoms with van der Waals surface area (Å²) in [6, 6.07) is 13.1. The van der Waals surface area contributed by atoms with Crippen molar-refractivity contribution in [2.75, 3.05) is 20.8 Å². The van der Waals surface area contributed by atoms with Crippen molar-refractivity contribution in [3.63, 3.8) is 0 Å². The van der Waals surface area contributed by atoms with Gasteiger partial charge in [0.1, 0.15) is 17.2 Å². The van der Waals surface area contributed by atoms with Crippen molar-refractivity contribution in [1.29, 1.82) is 0 Å². The Hall–Kier alpha value is -3.02. The van der Waals surface area contributed by atoms with Crippen LogP contribution in [-0.2, 0) is 4.79 Å². The molecular formula is C21H26N2O4. The number of carbonyl (C=O) groups is 1. The van der Waals surface area contributed by atoms with Gasteiger partial charge in [0, 0.05) is 5.56 Å². The fourth-order valence-electron chi connectivity index (χ4n) is 2.42. The van der Waals surface area contributed by atoms with Gasteiger partial charge in [-0.05, 0) is 48.2 Å². The van der Waals surface area contributed by atoms with Crippen molar-refractivity contribution in [3.8, 4) is 17.2 Å². The average Bonchev–Trinajstić information content (AvgIpc) is 2.71. The molecule has 0 heterocycles. The molecule has 0 unspecified atom stereocenters. The number of nitrogens with one attached hydrogen (secondary N) is 1. The molecule has 0 fully saturated rings. The monoisotopic (exact) mass is 370 g/mol.